The van der Waals surface area contributed by atoms with Gasteiger partial charge in [-0.25, -0.2) is 9.78 Å². The molecule has 0 aliphatic heterocycles. The largest absolute Gasteiger partial charge is 0.461 e. The predicted molar refractivity (Wildman–Crippen MR) is 84.1 cm³/mol. The van der Waals surface area contributed by atoms with E-state index in [-0.39, 0.29) is 23.9 Å². The van der Waals surface area contributed by atoms with Crippen LogP contribution >= 0.6 is 0 Å². The van der Waals surface area contributed by atoms with Crippen LogP contribution < -0.4 is 5.32 Å². The van der Waals surface area contributed by atoms with Crippen LogP contribution in [0.2, 0.25) is 0 Å². The molecule has 2 rings (SSSR count). The molecule has 0 atom stereocenters. The molecule has 22 heavy (non-hydrogen) atoms. The molecule has 0 saturated carbocycles. The molecule has 0 spiro atoms. The summed E-state index contributed by atoms with van der Waals surface area (Å²) >= 11 is 0. The first kappa shape index (κ1) is 15.7. The highest BCUT2D eigenvalue weighted by Gasteiger charge is 2.13. The standard InChI is InChI=1S/C17H18N2O3/c1-4-22-17(21)15-7-5-6-14(19-15)16(20)18-13-9-11(2)8-12(3)10-13/h5-10H,4H2,1-3H3,(H,18,20). The van der Waals surface area contributed by atoms with Gasteiger partial charge in [0.2, 0.25) is 0 Å². The first-order valence-electron chi connectivity index (χ1n) is 7.03. The maximum absolute atomic E-state index is 12.2. The fraction of sp³-hybridized carbons (Fsp3) is 0.235. The van der Waals surface area contributed by atoms with E-state index in [1.54, 1.807) is 19.1 Å². The lowest BCUT2D eigenvalue weighted by Gasteiger charge is -2.08. The van der Waals surface area contributed by atoms with Crippen molar-refractivity contribution in [2.24, 2.45) is 0 Å². The third kappa shape index (κ3) is 3.91. The number of rotatable bonds is 4. The maximum atomic E-state index is 12.2. The van der Waals surface area contributed by atoms with Gasteiger partial charge in [0.15, 0.2) is 0 Å². The zero-order valence-corrected chi connectivity index (χ0v) is 12.8. The van der Waals surface area contributed by atoms with Gasteiger partial charge in [-0.05, 0) is 56.2 Å². The maximum Gasteiger partial charge on any atom is 0.356 e. The van der Waals surface area contributed by atoms with Crippen LogP contribution in [0.25, 0.3) is 0 Å². The zero-order chi connectivity index (χ0) is 16.1. The molecule has 0 aliphatic carbocycles. The molecule has 0 aliphatic rings. The van der Waals surface area contributed by atoms with Gasteiger partial charge < -0.3 is 10.1 Å². The van der Waals surface area contributed by atoms with Gasteiger partial charge >= 0.3 is 5.97 Å². The number of carbonyl (C=O) groups is 2. The Morgan fingerprint density at radius 2 is 1.73 bits per heavy atom. The molecular formula is C17H18N2O3. The second-order valence-electron chi connectivity index (χ2n) is 4.96. The van der Waals surface area contributed by atoms with E-state index in [2.05, 4.69) is 10.3 Å². The average molecular weight is 298 g/mol. The summed E-state index contributed by atoms with van der Waals surface area (Å²) < 4.78 is 4.88. The van der Waals surface area contributed by atoms with Crippen LogP contribution in [0.15, 0.2) is 36.4 Å². The summed E-state index contributed by atoms with van der Waals surface area (Å²) in [6.07, 6.45) is 0. The lowest BCUT2D eigenvalue weighted by Crippen LogP contribution is -2.16. The van der Waals surface area contributed by atoms with Gasteiger partial charge in [-0.3, -0.25) is 4.79 Å². The number of pyridine rings is 1. The molecule has 0 radical (unpaired) electrons. The summed E-state index contributed by atoms with van der Waals surface area (Å²) in [6, 6.07) is 10.5. The van der Waals surface area contributed by atoms with Crippen LogP contribution in [-0.4, -0.2) is 23.5 Å². The van der Waals surface area contributed by atoms with Gasteiger partial charge in [-0.1, -0.05) is 12.1 Å². The smallest absolute Gasteiger partial charge is 0.356 e. The van der Waals surface area contributed by atoms with Gasteiger partial charge in [0.25, 0.3) is 5.91 Å². The number of carbonyl (C=O) groups excluding carboxylic acids is 2. The number of nitrogens with one attached hydrogen (secondary N) is 1. The summed E-state index contributed by atoms with van der Waals surface area (Å²) in [5, 5.41) is 2.78. The Kier molecular flexibility index (Phi) is 4.88. The van der Waals surface area contributed by atoms with Crippen LogP contribution in [0, 0.1) is 13.8 Å². The molecule has 2 aromatic rings. The fourth-order valence-electron chi connectivity index (χ4n) is 2.12. The van der Waals surface area contributed by atoms with E-state index < -0.39 is 5.97 Å². The highest BCUT2D eigenvalue weighted by molar-refractivity contribution is 6.03. The van der Waals surface area contributed by atoms with Crippen molar-refractivity contribution in [3.05, 3.63) is 58.9 Å². The Morgan fingerprint density at radius 3 is 2.36 bits per heavy atom. The zero-order valence-electron chi connectivity index (χ0n) is 12.8. The number of anilines is 1. The van der Waals surface area contributed by atoms with Gasteiger partial charge in [0.1, 0.15) is 11.4 Å². The Morgan fingerprint density at radius 1 is 1.09 bits per heavy atom. The molecule has 0 saturated heterocycles. The van der Waals surface area contributed by atoms with Gasteiger partial charge in [0.05, 0.1) is 6.61 Å². The summed E-state index contributed by atoms with van der Waals surface area (Å²) in [4.78, 5) is 27.9. The number of esters is 1. The highest BCUT2D eigenvalue weighted by Crippen LogP contribution is 2.14. The van der Waals surface area contributed by atoms with E-state index in [4.69, 9.17) is 4.74 Å². The van der Waals surface area contributed by atoms with Crippen molar-refractivity contribution in [1.29, 1.82) is 0 Å². The Bertz CT molecular complexity index is 691. The second-order valence-corrected chi connectivity index (χ2v) is 4.96. The molecule has 1 heterocycles. The molecule has 0 bridgehead atoms. The number of aromatic nitrogens is 1. The molecule has 114 valence electrons. The lowest BCUT2D eigenvalue weighted by atomic mass is 10.1. The molecule has 1 N–H and O–H groups in total. The van der Waals surface area contributed by atoms with Gasteiger partial charge in [-0.2, -0.15) is 0 Å². The minimum Gasteiger partial charge on any atom is -0.461 e. The summed E-state index contributed by atoms with van der Waals surface area (Å²) in [5.41, 5.74) is 3.11. The molecule has 0 unspecified atom stereocenters. The van der Waals surface area contributed by atoms with Crippen molar-refractivity contribution >= 4 is 17.6 Å². The molecule has 5 nitrogen and oxygen atoms in total. The molecule has 1 amide bonds. The van der Waals surface area contributed by atoms with Crippen LogP contribution in [0.5, 0.6) is 0 Å². The van der Waals surface area contributed by atoms with Crippen LogP contribution in [0.4, 0.5) is 5.69 Å². The number of amides is 1. The van der Waals surface area contributed by atoms with Gasteiger partial charge in [0, 0.05) is 5.69 Å². The van der Waals surface area contributed by atoms with Crippen molar-refractivity contribution < 1.29 is 14.3 Å². The van der Waals surface area contributed by atoms with Crippen molar-refractivity contribution in [1.82, 2.24) is 4.98 Å². The van der Waals surface area contributed by atoms with Crippen molar-refractivity contribution in [3.63, 3.8) is 0 Å². The Hall–Kier alpha value is -2.69. The molecular weight excluding hydrogens is 280 g/mol. The quantitative estimate of drug-likeness (QED) is 0.881. The Labute approximate surface area is 129 Å². The number of benzene rings is 1. The number of hydrogen-bond donors (Lipinski definition) is 1. The van der Waals surface area contributed by atoms with Crippen molar-refractivity contribution in [2.75, 3.05) is 11.9 Å². The summed E-state index contributed by atoms with van der Waals surface area (Å²) in [6.45, 7) is 5.90. The minimum atomic E-state index is -0.538. The van der Waals surface area contributed by atoms with E-state index in [0.717, 1.165) is 11.1 Å². The molecule has 1 aromatic heterocycles. The van der Waals surface area contributed by atoms with E-state index in [1.807, 2.05) is 32.0 Å². The lowest BCUT2D eigenvalue weighted by molar-refractivity contribution is 0.0519. The van der Waals surface area contributed by atoms with E-state index in [0.29, 0.717) is 5.69 Å². The first-order valence-corrected chi connectivity index (χ1v) is 7.03. The van der Waals surface area contributed by atoms with Gasteiger partial charge in [-0.15, -0.1) is 0 Å². The second kappa shape index (κ2) is 6.85. The third-order valence-electron chi connectivity index (χ3n) is 2.95. The number of nitrogens with zero attached hydrogens (tertiary/aromatic N) is 1. The van der Waals surface area contributed by atoms with Crippen LogP contribution in [-0.2, 0) is 4.74 Å². The normalized spacial score (nSPS) is 10.1. The van der Waals surface area contributed by atoms with Crippen molar-refractivity contribution in [3.8, 4) is 0 Å². The Balaban J connectivity index is 2.19. The SMILES string of the molecule is CCOC(=O)c1cccc(C(=O)Nc2cc(C)cc(C)c2)n1. The molecule has 0 fully saturated rings. The van der Waals surface area contributed by atoms with E-state index >= 15 is 0 Å². The summed E-state index contributed by atoms with van der Waals surface area (Å²) in [5.74, 6) is -0.903. The number of ether oxygens (including phenoxy) is 1. The van der Waals surface area contributed by atoms with Crippen LogP contribution in [0.3, 0.4) is 0 Å². The molecule has 5 heteroatoms. The van der Waals surface area contributed by atoms with E-state index in [1.165, 1.54) is 6.07 Å². The van der Waals surface area contributed by atoms with E-state index in [9.17, 15) is 9.59 Å². The fourth-order valence-corrected chi connectivity index (χ4v) is 2.12. The van der Waals surface area contributed by atoms with Crippen LogP contribution in [0.1, 0.15) is 39.0 Å². The highest BCUT2D eigenvalue weighted by atomic mass is 16.5. The topological polar surface area (TPSA) is 68.3 Å². The first-order chi connectivity index (χ1) is 10.5. The average Bonchev–Trinajstić information content (AvgIpc) is 2.46. The third-order valence-corrected chi connectivity index (χ3v) is 2.95. The number of hydrogen-bond acceptors (Lipinski definition) is 4. The summed E-state index contributed by atoms with van der Waals surface area (Å²) in [7, 11) is 0. The minimum absolute atomic E-state index is 0.120. The van der Waals surface area contributed by atoms with Crippen molar-refractivity contribution in [2.45, 2.75) is 20.8 Å². The number of aryl methyl sites for hydroxylation is 2. The predicted octanol–water partition coefficient (Wildman–Crippen LogP) is 3.13. The monoisotopic (exact) mass is 298 g/mol. The molecule has 1 aromatic carbocycles.